The molecule has 0 atom stereocenters. The first-order chi connectivity index (χ1) is 15.2. The molecular formula is C25H23N3O4. The lowest BCUT2D eigenvalue weighted by atomic mass is 9.86. The van der Waals surface area contributed by atoms with Crippen LogP contribution >= 0.6 is 0 Å². The normalized spacial score (nSPS) is 12.1. The number of nitrogens with one attached hydrogen (secondary N) is 2. The van der Waals surface area contributed by atoms with Crippen molar-refractivity contribution in [3.8, 4) is 0 Å². The van der Waals surface area contributed by atoms with E-state index in [-0.39, 0.29) is 17.7 Å². The molecule has 0 saturated heterocycles. The van der Waals surface area contributed by atoms with E-state index in [1.807, 2.05) is 37.3 Å². The average Bonchev–Trinajstić information content (AvgIpc) is 3.32. The number of carbonyl (C=O) groups is 1. The van der Waals surface area contributed by atoms with Crippen molar-refractivity contribution in [2.45, 2.75) is 39.5 Å². The van der Waals surface area contributed by atoms with Crippen LogP contribution in [-0.2, 0) is 16.6 Å². The van der Waals surface area contributed by atoms with Gasteiger partial charge in [-0.3, -0.25) is 10.1 Å². The fraction of sp³-hybridized carbons (Fsp3) is 0.240. The van der Waals surface area contributed by atoms with Gasteiger partial charge in [0.1, 0.15) is 11.2 Å². The minimum atomic E-state index is -0.531. The molecule has 0 aliphatic rings. The highest BCUT2D eigenvalue weighted by Gasteiger charge is 2.22. The monoisotopic (exact) mass is 429 g/mol. The number of benzene rings is 2. The molecule has 7 nitrogen and oxygen atoms in total. The summed E-state index contributed by atoms with van der Waals surface area (Å²) < 4.78 is 11.3. The van der Waals surface area contributed by atoms with Gasteiger partial charge >= 0.3 is 5.63 Å². The number of rotatable bonds is 3. The van der Waals surface area contributed by atoms with E-state index in [1.54, 1.807) is 12.3 Å². The minimum Gasteiger partial charge on any atom is -0.464 e. The van der Waals surface area contributed by atoms with Gasteiger partial charge < -0.3 is 13.8 Å². The van der Waals surface area contributed by atoms with Gasteiger partial charge in [-0.05, 0) is 36.1 Å². The maximum absolute atomic E-state index is 12.7. The lowest BCUT2D eigenvalue weighted by Gasteiger charge is -2.16. The zero-order chi connectivity index (χ0) is 22.6. The van der Waals surface area contributed by atoms with Crippen LogP contribution in [0.3, 0.4) is 0 Å². The molecule has 0 radical (unpaired) electrons. The van der Waals surface area contributed by atoms with E-state index in [2.05, 4.69) is 36.1 Å². The minimum absolute atomic E-state index is 0.0995. The Hall–Kier alpha value is -3.87. The van der Waals surface area contributed by atoms with Gasteiger partial charge in [0, 0.05) is 22.4 Å². The number of amides is 1. The molecule has 0 spiro atoms. The summed E-state index contributed by atoms with van der Waals surface area (Å²) in [6, 6.07) is 11.2. The Morgan fingerprint density at radius 3 is 2.66 bits per heavy atom. The molecule has 0 bridgehead atoms. The number of anilines is 1. The number of imidazole rings is 1. The first-order valence-corrected chi connectivity index (χ1v) is 10.4. The van der Waals surface area contributed by atoms with Crippen LogP contribution in [0.15, 0.2) is 56.3 Å². The highest BCUT2D eigenvalue weighted by Crippen LogP contribution is 2.35. The fourth-order valence-electron chi connectivity index (χ4n) is 4.04. The largest absolute Gasteiger partial charge is 0.464 e. The van der Waals surface area contributed by atoms with Gasteiger partial charge in [0.2, 0.25) is 11.9 Å². The smallest absolute Gasteiger partial charge is 0.340 e. The Balaban J connectivity index is 1.52. The quantitative estimate of drug-likeness (QED) is 0.384. The number of aromatic amines is 1. The number of carbonyl (C=O) groups excluding carboxylic acids is 1. The second-order valence-corrected chi connectivity index (χ2v) is 9.06. The molecule has 2 aromatic carbocycles. The van der Waals surface area contributed by atoms with Gasteiger partial charge in [-0.25, -0.2) is 9.78 Å². The molecule has 0 aliphatic heterocycles. The van der Waals surface area contributed by atoms with Crippen LogP contribution in [0.2, 0.25) is 0 Å². The van der Waals surface area contributed by atoms with E-state index in [0.29, 0.717) is 22.7 Å². The molecule has 2 N–H and O–H groups in total. The van der Waals surface area contributed by atoms with Crippen molar-refractivity contribution in [3.05, 3.63) is 69.8 Å². The van der Waals surface area contributed by atoms with Crippen LogP contribution in [0.5, 0.6) is 0 Å². The Morgan fingerprint density at radius 2 is 1.91 bits per heavy atom. The van der Waals surface area contributed by atoms with Crippen LogP contribution in [0, 0.1) is 6.92 Å². The summed E-state index contributed by atoms with van der Waals surface area (Å²) in [6.07, 6.45) is 1.63. The summed E-state index contributed by atoms with van der Waals surface area (Å²) in [6.45, 7) is 8.19. The molecule has 1 amide bonds. The van der Waals surface area contributed by atoms with Crippen molar-refractivity contribution in [1.29, 1.82) is 0 Å². The number of fused-ring (bicyclic) bond motifs is 3. The molecular weight excluding hydrogens is 406 g/mol. The second-order valence-electron chi connectivity index (χ2n) is 9.06. The van der Waals surface area contributed by atoms with E-state index in [9.17, 15) is 9.59 Å². The number of furan rings is 1. The summed E-state index contributed by atoms with van der Waals surface area (Å²) in [5.74, 6) is -0.00692. The van der Waals surface area contributed by atoms with Gasteiger partial charge in [-0.2, -0.15) is 0 Å². The Labute approximate surface area is 183 Å². The van der Waals surface area contributed by atoms with Crippen LogP contribution in [0.1, 0.15) is 37.5 Å². The number of nitrogens with zero attached hydrogens (tertiary/aromatic N) is 1. The van der Waals surface area contributed by atoms with Gasteiger partial charge in [0.15, 0.2) is 0 Å². The van der Waals surface area contributed by atoms with Crippen molar-refractivity contribution < 1.29 is 13.6 Å². The van der Waals surface area contributed by atoms with E-state index in [4.69, 9.17) is 8.83 Å². The maximum Gasteiger partial charge on any atom is 0.340 e. The summed E-state index contributed by atoms with van der Waals surface area (Å²) in [4.78, 5) is 32.8. The predicted octanol–water partition coefficient (Wildman–Crippen LogP) is 5.20. The molecule has 0 fully saturated rings. The van der Waals surface area contributed by atoms with Crippen molar-refractivity contribution in [2.24, 2.45) is 0 Å². The van der Waals surface area contributed by atoms with Crippen molar-refractivity contribution in [3.63, 3.8) is 0 Å². The van der Waals surface area contributed by atoms with Gasteiger partial charge in [-0.1, -0.05) is 32.9 Å². The Kier molecular flexibility index (Phi) is 4.44. The van der Waals surface area contributed by atoms with E-state index >= 15 is 0 Å². The molecule has 7 heteroatoms. The van der Waals surface area contributed by atoms with Crippen molar-refractivity contribution >= 4 is 44.8 Å². The van der Waals surface area contributed by atoms with Crippen molar-refractivity contribution in [1.82, 2.24) is 9.97 Å². The van der Waals surface area contributed by atoms with Crippen molar-refractivity contribution in [2.75, 3.05) is 5.32 Å². The third-order valence-corrected chi connectivity index (χ3v) is 5.77. The Bertz CT molecular complexity index is 1530. The number of hydrogen-bond acceptors (Lipinski definition) is 5. The molecule has 32 heavy (non-hydrogen) atoms. The molecule has 0 saturated carbocycles. The highest BCUT2D eigenvalue weighted by molar-refractivity contribution is 5.98. The summed E-state index contributed by atoms with van der Waals surface area (Å²) in [7, 11) is 0. The SMILES string of the molecule is Cc1c(CC(=O)Nc2nc3ccccc3[nH]2)c(=O)oc2cc3occ(C(C)(C)C)c3cc12. The third-order valence-electron chi connectivity index (χ3n) is 5.77. The number of aromatic nitrogens is 2. The molecule has 5 aromatic rings. The lowest BCUT2D eigenvalue weighted by Crippen LogP contribution is -2.21. The van der Waals surface area contributed by atoms with E-state index in [0.717, 1.165) is 32.9 Å². The molecule has 0 unspecified atom stereocenters. The molecule has 162 valence electrons. The molecule has 3 aromatic heterocycles. The molecule has 5 rings (SSSR count). The van der Waals surface area contributed by atoms with Gasteiger partial charge in [0.25, 0.3) is 0 Å². The number of hydrogen-bond donors (Lipinski definition) is 2. The number of H-pyrrole nitrogens is 1. The first kappa shape index (κ1) is 20.1. The first-order valence-electron chi connectivity index (χ1n) is 10.4. The van der Waals surface area contributed by atoms with E-state index in [1.165, 1.54) is 0 Å². The van der Waals surface area contributed by atoms with Crippen LogP contribution in [-0.4, -0.2) is 15.9 Å². The van der Waals surface area contributed by atoms with Crippen LogP contribution in [0.25, 0.3) is 33.0 Å². The standard InChI is InChI=1S/C25H23N3O4/c1-13-14-9-16-17(25(2,3)4)12-31-20(16)11-21(14)32-23(30)15(13)10-22(29)28-24-26-18-7-5-6-8-19(18)27-24/h5-9,11-12H,10H2,1-4H3,(H2,26,27,28,29). The third kappa shape index (κ3) is 3.36. The van der Waals surface area contributed by atoms with Gasteiger partial charge in [0.05, 0.1) is 29.3 Å². The zero-order valence-corrected chi connectivity index (χ0v) is 18.3. The summed E-state index contributed by atoms with van der Waals surface area (Å²) in [5.41, 5.74) is 4.17. The fourth-order valence-corrected chi connectivity index (χ4v) is 4.04. The highest BCUT2D eigenvalue weighted by atomic mass is 16.4. The van der Waals surface area contributed by atoms with Crippen LogP contribution < -0.4 is 10.9 Å². The zero-order valence-electron chi connectivity index (χ0n) is 18.3. The Morgan fingerprint density at radius 1 is 1.12 bits per heavy atom. The lowest BCUT2D eigenvalue weighted by molar-refractivity contribution is -0.115. The second kappa shape index (κ2) is 7.09. The van der Waals surface area contributed by atoms with E-state index < -0.39 is 5.63 Å². The number of aryl methyl sites for hydroxylation is 1. The predicted molar refractivity (Wildman–Crippen MR) is 124 cm³/mol. The van der Waals surface area contributed by atoms with Gasteiger partial charge in [-0.15, -0.1) is 0 Å². The average molecular weight is 429 g/mol. The molecule has 3 heterocycles. The summed E-state index contributed by atoms with van der Waals surface area (Å²) >= 11 is 0. The molecule has 0 aliphatic carbocycles. The summed E-state index contributed by atoms with van der Waals surface area (Å²) in [5, 5.41) is 4.50. The maximum atomic E-state index is 12.7. The topological polar surface area (TPSA) is 101 Å². The number of para-hydroxylation sites is 2. The van der Waals surface area contributed by atoms with Crippen LogP contribution in [0.4, 0.5) is 5.95 Å².